The molecule has 3 amide bonds. The van der Waals surface area contributed by atoms with Crippen molar-refractivity contribution in [3.05, 3.63) is 69.7 Å². The zero-order valence-corrected chi connectivity index (χ0v) is 21.4. The van der Waals surface area contributed by atoms with Crippen LogP contribution in [-0.4, -0.2) is 40.2 Å². The Bertz CT molecular complexity index is 1210. The highest BCUT2D eigenvalue weighted by atomic mass is 35.5. The number of hydrogen-bond donors (Lipinski definition) is 2. The van der Waals surface area contributed by atoms with Crippen LogP contribution in [0.15, 0.2) is 42.5 Å². The summed E-state index contributed by atoms with van der Waals surface area (Å²) in [4.78, 5) is 50.7. The van der Waals surface area contributed by atoms with E-state index in [9.17, 15) is 28.0 Å². The van der Waals surface area contributed by atoms with Crippen LogP contribution in [-0.2, 0) is 38.1 Å². The number of benzene rings is 2. The number of rotatable bonds is 9. The first-order valence-corrected chi connectivity index (χ1v) is 11.9. The Morgan fingerprint density at radius 3 is 2.38 bits per heavy atom. The Morgan fingerprint density at radius 1 is 1.14 bits per heavy atom. The van der Waals surface area contributed by atoms with E-state index in [0.717, 1.165) is 17.0 Å². The van der Waals surface area contributed by atoms with Crippen LogP contribution < -0.4 is 11.1 Å². The third-order valence-electron chi connectivity index (χ3n) is 5.70. The van der Waals surface area contributed by atoms with Gasteiger partial charge in [-0.1, -0.05) is 35.9 Å². The molecule has 8 nitrogen and oxygen atoms in total. The Labute approximate surface area is 218 Å². The van der Waals surface area contributed by atoms with E-state index in [1.807, 2.05) is 0 Å². The number of fused-ring (bicyclic) bond motifs is 1. The molecule has 0 bridgehead atoms. The summed E-state index contributed by atoms with van der Waals surface area (Å²) in [5.74, 6) is -7.54. The number of primary amides is 1. The lowest BCUT2D eigenvalue weighted by Gasteiger charge is -2.25. The van der Waals surface area contributed by atoms with Crippen molar-refractivity contribution in [3.8, 4) is 0 Å². The molecule has 1 heterocycles. The highest BCUT2D eigenvalue weighted by Crippen LogP contribution is 2.34. The predicted octanol–water partition coefficient (Wildman–Crippen LogP) is 3.68. The number of hydrogen-bond acceptors (Lipinski definition) is 5. The van der Waals surface area contributed by atoms with Gasteiger partial charge >= 0.3 is 11.9 Å². The van der Waals surface area contributed by atoms with Crippen LogP contribution in [0, 0.1) is 0 Å². The van der Waals surface area contributed by atoms with Gasteiger partial charge < -0.3 is 20.7 Å². The Hall–Kier alpha value is -3.53. The van der Waals surface area contributed by atoms with E-state index >= 15 is 0 Å². The highest BCUT2D eigenvalue weighted by Gasteiger charge is 2.43. The molecule has 1 aliphatic rings. The fraction of sp³-hybridized carbons (Fsp3) is 0.385. The van der Waals surface area contributed by atoms with Crippen LogP contribution in [0.2, 0.25) is 5.02 Å². The zero-order valence-electron chi connectivity index (χ0n) is 20.6. The molecule has 0 fully saturated rings. The van der Waals surface area contributed by atoms with E-state index in [1.54, 1.807) is 45.0 Å². The number of nitrogens with two attached hydrogens (primary N) is 1. The van der Waals surface area contributed by atoms with Crippen LogP contribution in [0.1, 0.15) is 60.7 Å². The van der Waals surface area contributed by atoms with Crippen molar-refractivity contribution < 1.29 is 32.7 Å². The van der Waals surface area contributed by atoms with Gasteiger partial charge in [-0.2, -0.15) is 8.78 Å². The van der Waals surface area contributed by atoms with Gasteiger partial charge in [0.1, 0.15) is 11.6 Å². The van der Waals surface area contributed by atoms with Gasteiger partial charge in [0.25, 0.3) is 11.8 Å². The number of amides is 3. The predicted molar refractivity (Wildman–Crippen MR) is 132 cm³/mol. The van der Waals surface area contributed by atoms with Gasteiger partial charge in [0, 0.05) is 35.7 Å². The zero-order chi connectivity index (χ0) is 27.5. The minimum absolute atomic E-state index is 0.0509. The van der Waals surface area contributed by atoms with Crippen molar-refractivity contribution in [2.24, 2.45) is 5.73 Å². The summed E-state index contributed by atoms with van der Waals surface area (Å²) in [6.45, 7) is 4.90. The van der Waals surface area contributed by atoms with Gasteiger partial charge in [0.05, 0.1) is 0 Å². The van der Waals surface area contributed by atoms with Crippen molar-refractivity contribution in [2.45, 2.75) is 64.3 Å². The molecule has 0 spiro atoms. The van der Waals surface area contributed by atoms with Crippen molar-refractivity contribution in [2.75, 3.05) is 0 Å². The minimum atomic E-state index is -3.92. The summed E-state index contributed by atoms with van der Waals surface area (Å²) in [6.07, 6.45) is -0.248. The molecule has 1 aliphatic heterocycles. The molecule has 3 rings (SSSR count). The van der Waals surface area contributed by atoms with E-state index in [1.165, 1.54) is 6.07 Å². The number of nitrogens with one attached hydrogen (secondary N) is 1. The highest BCUT2D eigenvalue weighted by molar-refractivity contribution is 6.30. The first kappa shape index (κ1) is 28.0. The topological polar surface area (TPSA) is 119 Å². The molecule has 198 valence electrons. The third-order valence-corrected chi connectivity index (χ3v) is 5.95. The summed E-state index contributed by atoms with van der Waals surface area (Å²) >= 11 is 5.80. The second-order valence-electron chi connectivity index (χ2n) is 9.73. The molecule has 11 heteroatoms. The van der Waals surface area contributed by atoms with Crippen molar-refractivity contribution in [3.63, 3.8) is 0 Å². The first-order chi connectivity index (χ1) is 17.2. The molecule has 0 aliphatic carbocycles. The van der Waals surface area contributed by atoms with Gasteiger partial charge in [0.15, 0.2) is 0 Å². The number of carbonyl (C=O) groups excluding carboxylic acids is 4. The number of esters is 1. The molecule has 0 radical (unpaired) electrons. The van der Waals surface area contributed by atoms with Crippen LogP contribution in [0.3, 0.4) is 0 Å². The maximum Gasteiger partial charge on any atom is 0.349 e. The molecule has 0 saturated heterocycles. The number of carbonyl (C=O) groups is 4. The van der Waals surface area contributed by atoms with Crippen LogP contribution in [0.5, 0.6) is 0 Å². The molecule has 0 aromatic heterocycles. The van der Waals surface area contributed by atoms with Crippen LogP contribution in [0.25, 0.3) is 0 Å². The van der Waals surface area contributed by atoms with Gasteiger partial charge in [-0.15, -0.1) is 0 Å². The second kappa shape index (κ2) is 10.8. The second-order valence-corrected chi connectivity index (χ2v) is 10.2. The van der Waals surface area contributed by atoms with E-state index < -0.39 is 46.8 Å². The van der Waals surface area contributed by atoms with Crippen LogP contribution >= 0.6 is 11.6 Å². The lowest BCUT2D eigenvalue weighted by Crippen LogP contribution is -2.45. The van der Waals surface area contributed by atoms with Gasteiger partial charge in [0.2, 0.25) is 5.91 Å². The average molecular weight is 536 g/mol. The van der Waals surface area contributed by atoms with E-state index in [4.69, 9.17) is 22.1 Å². The molecular weight excluding hydrogens is 508 g/mol. The molecule has 1 atom stereocenters. The lowest BCUT2D eigenvalue weighted by molar-refractivity contribution is -0.155. The number of halogens is 3. The SMILES string of the molecule is CC(C)(C)OC(=O)CC[C@@H](C(N)=O)N1Cc2ccc(C(F)(F)C(=O)NCc3ccc(Cl)cc3)cc2C1=O. The summed E-state index contributed by atoms with van der Waals surface area (Å²) in [6, 6.07) is 8.54. The molecule has 0 saturated carbocycles. The Kier molecular flexibility index (Phi) is 8.22. The minimum Gasteiger partial charge on any atom is -0.460 e. The van der Waals surface area contributed by atoms with E-state index in [2.05, 4.69) is 5.32 Å². The molecule has 3 N–H and O–H groups in total. The summed E-state index contributed by atoms with van der Waals surface area (Å²) in [5, 5.41) is 2.66. The maximum atomic E-state index is 15.0. The molecule has 2 aromatic rings. The summed E-state index contributed by atoms with van der Waals surface area (Å²) < 4.78 is 35.1. The summed E-state index contributed by atoms with van der Waals surface area (Å²) in [5.41, 5.74) is 5.02. The number of nitrogens with zero attached hydrogens (tertiary/aromatic N) is 1. The Balaban J connectivity index is 1.72. The Morgan fingerprint density at radius 2 is 1.78 bits per heavy atom. The van der Waals surface area contributed by atoms with Crippen LogP contribution in [0.4, 0.5) is 8.78 Å². The largest absolute Gasteiger partial charge is 0.460 e. The lowest BCUT2D eigenvalue weighted by atomic mass is 10.0. The smallest absolute Gasteiger partial charge is 0.349 e. The molecule has 2 aromatic carbocycles. The van der Waals surface area contributed by atoms with Crippen molar-refractivity contribution >= 4 is 35.3 Å². The molecule has 37 heavy (non-hydrogen) atoms. The maximum absolute atomic E-state index is 15.0. The molecular formula is C26H28ClF2N3O5. The van der Waals surface area contributed by atoms with Crippen molar-refractivity contribution in [1.29, 1.82) is 0 Å². The summed E-state index contributed by atoms with van der Waals surface area (Å²) in [7, 11) is 0. The van der Waals surface area contributed by atoms with E-state index in [-0.39, 0.29) is 31.5 Å². The molecule has 0 unspecified atom stereocenters. The van der Waals surface area contributed by atoms with Gasteiger partial charge in [-0.05, 0) is 56.5 Å². The quantitative estimate of drug-likeness (QED) is 0.475. The fourth-order valence-corrected chi connectivity index (χ4v) is 4.02. The van der Waals surface area contributed by atoms with Crippen molar-refractivity contribution in [1.82, 2.24) is 10.2 Å². The third kappa shape index (κ3) is 6.82. The number of ether oxygens (including phenoxy) is 1. The monoisotopic (exact) mass is 535 g/mol. The standard InChI is InChI=1S/C26H28ClF2N3O5/c1-25(2,3)37-21(33)11-10-20(22(30)34)32-14-16-6-7-17(12-19(16)23(32)35)26(28,29)24(36)31-13-15-4-8-18(27)9-5-15/h4-9,12,20H,10-11,13-14H2,1-3H3,(H2,30,34)(H,31,36)/t20-/m0/s1. The van der Waals surface area contributed by atoms with Gasteiger partial charge in [-0.25, -0.2) is 0 Å². The van der Waals surface area contributed by atoms with E-state index in [0.29, 0.717) is 16.1 Å². The average Bonchev–Trinajstić information content (AvgIpc) is 3.12. The fourth-order valence-electron chi connectivity index (χ4n) is 3.90. The first-order valence-electron chi connectivity index (χ1n) is 11.5. The van der Waals surface area contributed by atoms with Gasteiger partial charge in [-0.3, -0.25) is 19.2 Å². The normalized spacial score (nSPS) is 14.2. The number of alkyl halides is 2.